The van der Waals surface area contributed by atoms with Crippen molar-refractivity contribution in [2.75, 3.05) is 26.9 Å². The maximum Gasteiger partial charge on any atom is 0.326 e. The van der Waals surface area contributed by atoms with E-state index in [0.29, 0.717) is 13.2 Å². The number of methoxy groups -OCH3 is 1. The fraction of sp³-hybridized carbons (Fsp3) is 0.727. The Morgan fingerprint density at radius 3 is 2.40 bits per heavy atom. The van der Waals surface area contributed by atoms with Gasteiger partial charge in [-0.25, -0.2) is 9.59 Å². The number of carbonyl (C=O) groups excluding carboxylic acids is 2. The van der Waals surface area contributed by atoms with Crippen molar-refractivity contribution in [2.45, 2.75) is 25.4 Å². The molecule has 0 bridgehead atoms. The minimum atomic E-state index is -1.26. The van der Waals surface area contributed by atoms with Crippen LogP contribution < -0.4 is 16.0 Å². The van der Waals surface area contributed by atoms with Crippen molar-refractivity contribution in [1.29, 1.82) is 0 Å². The van der Waals surface area contributed by atoms with E-state index >= 15 is 0 Å². The van der Waals surface area contributed by atoms with Crippen LogP contribution in [-0.4, -0.2) is 67.1 Å². The molecule has 1 unspecified atom stereocenters. The molecule has 0 aromatic rings. The highest BCUT2D eigenvalue weighted by atomic mass is 16.5. The molecule has 116 valence electrons. The fourth-order valence-electron chi connectivity index (χ4n) is 1.28. The Hall–Kier alpha value is -1.87. The molecular formula is C11H21N3O6. The summed E-state index contributed by atoms with van der Waals surface area (Å²) in [6, 6.07) is -2.82. The van der Waals surface area contributed by atoms with Crippen molar-refractivity contribution >= 4 is 17.9 Å². The van der Waals surface area contributed by atoms with Crippen molar-refractivity contribution in [3.05, 3.63) is 0 Å². The smallest absolute Gasteiger partial charge is 0.326 e. The molecule has 0 saturated heterocycles. The molecule has 0 radical (unpaired) electrons. The number of carboxylic acids is 1. The highest BCUT2D eigenvalue weighted by Crippen LogP contribution is 1.92. The van der Waals surface area contributed by atoms with Gasteiger partial charge in [0.2, 0.25) is 5.91 Å². The zero-order valence-electron chi connectivity index (χ0n) is 11.5. The number of aliphatic hydroxyl groups excluding tert-OH is 1. The van der Waals surface area contributed by atoms with Crippen molar-refractivity contribution in [3.63, 3.8) is 0 Å². The van der Waals surface area contributed by atoms with Gasteiger partial charge in [0.1, 0.15) is 12.1 Å². The lowest BCUT2D eigenvalue weighted by atomic mass is 10.2. The van der Waals surface area contributed by atoms with Gasteiger partial charge in [-0.2, -0.15) is 0 Å². The summed E-state index contributed by atoms with van der Waals surface area (Å²) >= 11 is 0. The molecule has 3 amide bonds. The van der Waals surface area contributed by atoms with E-state index in [9.17, 15) is 14.4 Å². The number of hydrogen-bond donors (Lipinski definition) is 5. The second kappa shape index (κ2) is 9.98. The first-order chi connectivity index (χ1) is 9.42. The summed E-state index contributed by atoms with van der Waals surface area (Å²) in [5, 5.41) is 24.5. The number of aliphatic hydroxyl groups is 1. The Labute approximate surface area is 116 Å². The van der Waals surface area contributed by atoms with E-state index in [4.69, 9.17) is 14.9 Å². The molecule has 0 rings (SSSR count). The van der Waals surface area contributed by atoms with Crippen molar-refractivity contribution in [2.24, 2.45) is 0 Å². The zero-order chi connectivity index (χ0) is 15.5. The van der Waals surface area contributed by atoms with Crippen molar-refractivity contribution < 1.29 is 29.3 Å². The molecule has 0 aliphatic rings. The lowest BCUT2D eigenvalue weighted by Gasteiger charge is -2.17. The quantitative estimate of drug-likeness (QED) is 0.320. The second-order valence-electron chi connectivity index (χ2n) is 4.03. The van der Waals surface area contributed by atoms with Crippen LogP contribution in [0.3, 0.4) is 0 Å². The zero-order valence-corrected chi connectivity index (χ0v) is 11.5. The summed E-state index contributed by atoms with van der Waals surface area (Å²) in [6.45, 7) is 1.75. The monoisotopic (exact) mass is 291 g/mol. The first kappa shape index (κ1) is 18.1. The van der Waals surface area contributed by atoms with Crippen LogP contribution in [0.25, 0.3) is 0 Å². The highest BCUT2D eigenvalue weighted by Gasteiger charge is 2.21. The summed E-state index contributed by atoms with van der Waals surface area (Å²) in [4.78, 5) is 33.8. The van der Waals surface area contributed by atoms with E-state index in [-0.39, 0.29) is 13.0 Å². The van der Waals surface area contributed by atoms with Crippen LogP contribution in [-0.2, 0) is 14.3 Å². The Morgan fingerprint density at radius 2 is 1.90 bits per heavy atom. The third-order valence-electron chi connectivity index (χ3n) is 2.37. The van der Waals surface area contributed by atoms with Crippen LogP contribution in [0.5, 0.6) is 0 Å². The average molecular weight is 291 g/mol. The summed E-state index contributed by atoms with van der Waals surface area (Å²) in [7, 11) is 1.49. The van der Waals surface area contributed by atoms with Crippen LogP contribution in [0.15, 0.2) is 0 Å². The number of hydrogen-bond acceptors (Lipinski definition) is 5. The van der Waals surface area contributed by atoms with E-state index in [1.807, 2.05) is 0 Å². The van der Waals surface area contributed by atoms with Gasteiger partial charge in [-0.15, -0.1) is 0 Å². The van der Waals surface area contributed by atoms with E-state index in [2.05, 4.69) is 16.0 Å². The van der Waals surface area contributed by atoms with Gasteiger partial charge < -0.3 is 30.9 Å². The van der Waals surface area contributed by atoms with E-state index in [0.717, 1.165) is 0 Å². The van der Waals surface area contributed by atoms with Crippen molar-refractivity contribution in [3.8, 4) is 0 Å². The summed E-state index contributed by atoms with van der Waals surface area (Å²) in [5.41, 5.74) is 0. The second-order valence-corrected chi connectivity index (χ2v) is 4.03. The van der Waals surface area contributed by atoms with Gasteiger partial charge in [0.25, 0.3) is 0 Å². The van der Waals surface area contributed by atoms with Crippen LogP contribution >= 0.6 is 0 Å². The molecule has 0 aliphatic heterocycles. The number of nitrogens with one attached hydrogen (secondary N) is 3. The predicted octanol–water partition coefficient (Wildman–Crippen LogP) is -1.73. The largest absolute Gasteiger partial charge is 0.480 e. The van der Waals surface area contributed by atoms with Gasteiger partial charge in [0, 0.05) is 26.7 Å². The van der Waals surface area contributed by atoms with Gasteiger partial charge >= 0.3 is 12.0 Å². The Bertz CT molecular complexity index is 336. The molecule has 5 N–H and O–H groups in total. The van der Waals surface area contributed by atoms with Gasteiger partial charge in [0.05, 0.1) is 6.61 Å². The number of amides is 3. The number of urea groups is 1. The third kappa shape index (κ3) is 7.54. The molecule has 2 atom stereocenters. The SMILES string of the molecule is COCCNC(=O)C(C)NC(=O)N[C@H](CCO)C(=O)O. The highest BCUT2D eigenvalue weighted by molar-refractivity contribution is 5.88. The fourth-order valence-corrected chi connectivity index (χ4v) is 1.28. The Kier molecular flexibility index (Phi) is 9.05. The van der Waals surface area contributed by atoms with E-state index < -0.39 is 30.0 Å². The molecule has 9 heteroatoms. The molecular weight excluding hydrogens is 270 g/mol. The molecule has 9 nitrogen and oxygen atoms in total. The maximum atomic E-state index is 11.5. The lowest BCUT2D eigenvalue weighted by Crippen LogP contribution is -2.52. The third-order valence-corrected chi connectivity index (χ3v) is 2.37. The standard InChI is InChI=1S/C11H21N3O6/c1-7(9(16)12-4-6-20-2)13-11(19)14-8(3-5-15)10(17)18/h7-8,15H,3-6H2,1-2H3,(H,12,16)(H,17,18)(H2,13,14,19)/t7?,8-/m1/s1. The average Bonchev–Trinajstić information content (AvgIpc) is 2.38. The predicted molar refractivity (Wildman–Crippen MR) is 69.1 cm³/mol. The van der Waals surface area contributed by atoms with Crippen molar-refractivity contribution in [1.82, 2.24) is 16.0 Å². The first-order valence-electron chi connectivity index (χ1n) is 6.09. The normalized spacial score (nSPS) is 13.2. The molecule has 0 aromatic carbocycles. The topological polar surface area (TPSA) is 137 Å². The van der Waals surface area contributed by atoms with Gasteiger partial charge in [0.15, 0.2) is 0 Å². The molecule has 0 heterocycles. The molecule has 0 aromatic heterocycles. The number of aliphatic carboxylic acids is 1. The molecule has 20 heavy (non-hydrogen) atoms. The lowest BCUT2D eigenvalue weighted by molar-refractivity contribution is -0.139. The minimum Gasteiger partial charge on any atom is -0.480 e. The number of carbonyl (C=O) groups is 3. The van der Waals surface area contributed by atoms with Gasteiger partial charge in [-0.1, -0.05) is 0 Å². The Balaban J connectivity index is 4.17. The minimum absolute atomic E-state index is 0.114. The van der Waals surface area contributed by atoms with E-state index in [1.165, 1.54) is 14.0 Å². The van der Waals surface area contributed by atoms with Crippen LogP contribution in [0.2, 0.25) is 0 Å². The number of ether oxygens (including phenoxy) is 1. The Morgan fingerprint density at radius 1 is 1.25 bits per heavy atom. The first-order valence-corrected chi connectivity index (χ1v) is 6.09. The molecule has 0 spiro atoms. The van der Waals surface area contributed by atoms with Gasteiger partial charge in [-0.3, -0.25) is 4.79 Å². The van der Waals surface area contributed by atoms with Gasteiger partial charge in [-0.05, 0) is 6.92 Å². The molecule has 0 aliphatic carbocycles. The summed E-state index contributed by atoms with van der Waals surface area (Å²) < 4.78 is 4.76. The van der Waals surface area contributed by atoms with Crippen LogP contribution in [0, 0.1) is 0 Å². The van der Waals surface area contributed by atoms with Crippen LogP contribution in [0.1, 0.15) is 13.3 Å². The maximum absolute atomic E-state index is 11.5. The van der Waals surface area contributed by atoms with Crippen LogP contribution in [0.4, 0.5) is 4.79 Å². The number of carboxylic acid groups (broad SMARTS) is 1. The number of rotatable bonds is 9. The molecule has 0 fully saturated rings. The van der Waals surface area contributed by atoms with E-state index in [1.54, 1.807) is 0 Å². The summed E-state index contributed by atoms with van der Waals surface area (Å²) in [5.74, 6) is -1.67. The molecule has 0 saturated carbocycles. The summed E-state index contributed by atoms with van der Waals surface area (Å²) in [6.07, 6.45) is -0.114.